The van der Waals surface area contributed by atoms with Crippen molar-refractivity contribution in [2.45, 2.75) is 0 Å². The minimum Gasteiger partial charge on any atom is -0.0149 e. The standard InChI is InChI=1S/Ca.Co.H4Si.V.2H/h;;1H4;;;. The van der Waals surface area contributed by atoms with E-state index in [1.54, 1.807) is 0 Å². The normalized spacial score (nSPS) is 0. The van der Waals surface area contributed by atoms with Gasteiger partial charge in [0.15, 0.2) is 0 Å². The molecule has 0 spiro atoms. The average molecular weight is 184 g/mol. The van der Waals surface area contributed by atoms with E-state index in [2.05, 4.69) is 0 Å². The third-order valence-electron chi connectivity index (χ3n) is 0. The molecule has 0 atom stereocenters. The molecule has 0 aromatic rings. The molecule has 0 aromatic heterocycles. The van der Waals surface area contributed by atoms with Crippen LogP contribution in [0.1, 0.15) is 0 Å². The molecular weight excluding hydrogens is 178 g/mol. The zero-order chi connectivity index (χ0) is 0. The first-order chi connectivity index (χ1) is 0. The maximum absolute atomic E-state index is 0. The predicted molar refractivity (Wildman–Crippen MR) is 19.9 cm³/mol. The predicted octanol–water partition coefficient (Wildman–Crippen LogP) is -2.37. The monoisotopic (exact) mass is 184 g/mol. The average Bonchev–Trinajstić information content (AvgIpc) is 0. The first-order valence-corrected chi connectivity index (χ1v) is 0. The summed E-state index contributed by atoms with van der Waals surface area (Å²) in [7, 11) is 0. The minimum absolute atomic E-state index is 0. The van der Waals surface area contributed by atoms with Crippen molar-refractivity contribution in [3.8, 4) is 0 Å². The van der Waals surface area contributed by atoms with E-state index in [0.717, 1.165) is 0 Å². The first-order valence-electron chi connectivity index (χ1n) is 0. The number of hydrogen-bond acceptors (Lipinski definition) is 0. The van der Waals surface area contributed by atoms with Gasteiger partial charge in [-0.25, -0.2) is 0 Å². The Balaban J connectivity index is 0. The van der Waals surface area contributed by atoms with Gasteiger partial charge in [0.2, 0.25) is 0 Å². The Hall–Kier alpha value is 2.57. The second kappa shape index (κ2) is 17.6. The van der Waals surface area contributed by atoms with Gasteiger partial charge in [-0.1, -0.05) is 0 Å². The summed E-state index contributed by atoms with van der Waals surface area (Å²) >= 11 is 0. The van der Waals surface area contributed by atoms with Crippen molar-refractivity contribution in [1.82, 2.24) is 0 Å². The quantitative estimate of drug-likeness (QED) is 0.369. The summed E-state index contributed by atoms with van der Waals surface area (Å²) < 4.78 is 0. The van der Waals surface area contributed by atoms with Crippen LogP contribution in [-0.2, 0) is 35.3 Å². The maximum Gasteiger partial charge on any atom is 0 e. The van der Waals surface area contributed by atoms with Gasteiger partial charge in [-0.15, -0.1) is 0 Å². The molecule has 0 unspecified atom stereocenters. The van der Waals surface area contributed by atoms with Crippen molar-refractivity contribution in [3.63, 3.8) is 0 Å². The number of rotatable bonds is 0. The maximum atomic E-state index is 0. The Morgan fingerprint density at radius 2 is 1.00 bits per heavy atom. The molecular formula is H6CaCoSiV. The van der Waals surface area contributed by atoms with Crippen molar-refractivity contribution in [1.29, 1.82) is 0 Å². The Morgan fingerprint density at radius 1 is 1.00 bits per heavy atom. The summed E-state index contributed by atoms with van der Waals surface area (Å²) in [6.45, 7) is 0. The van der Waals surface area contributed by atoms with Crippen molar-refractivity contribution in [3.05, 3.63) is 0 Å². The molecule has 4 heavy (non-hydrogen) atoms. The molecule has 0 saturated heterocycles. The van der Waals surface area contributed by atoms with Gasteiger partial charge in [-0.3, -0.25) is 0 Å². The molecule has 0 fully saturated rings. The van der Waals surface area contributed by atoms with Crippen LogP contribution in [0.25, 0.3) is 0 Å². The fraction of sp³-hybridized carbons (Fsp3) is 0. The third-order valence-corrected chi connectivity index (χ3v) is 0. The Bertz CT molecular complexity index is 8.00. The van der Waals surface area contributed by atoms with E-state index in [1.807, 2.05) is 0 Å². The molecule has 0 rings (SSSR count). The topological polar surface area (TPSA) is 0 Å². The fourth-order valence-corrected chi connectivity index (χ4v) is 0. The van der Waals surface area contributed by atoms with E-state index in [1.165, 1.54) is 0 Å². The Morgan fingerprint density at radius 3 is 1.00 bits per heavy atom. The van der Waals surface area contributed by atoms with Crippen molar-refractivity contribution in [2.75, 3.05) is 0 Å². The Labute approximate surface area is 82.6 Å². The third kappa shape index (κ3) is 8.82. The molecule has 0 aromatic carbocycles. The van der Waals surface area contributed by atoms with Gasteiger partial charge in [0, 0.05) is 35.3 Å². The summed E-state index contributed by atoms with van der Waals surface area (Å²) in [6, 6.07) is 0. The van der Waals surface area contributed by atoms with Crippen LogP contribution in [0.4, 0.5) is 0 Å². The summed E-state index contributed by atoms with van der Waals surface area (Å²) in [5.74, 6) is 0. The number of hydrogen-bond donors (Lipinski definition) is 0. The van der Waals surface area contributed by atoms with Crippen LogP contribution >= 0.6 is 0 Å². The van der Waals surface area contributed by atoms with E-state index in [0.29, 0.717) is 0 Å². The molecule has 26 valence electrons. The fourth-order valence-electron chi connectivity index (χ4n) is 0. The van der Waals surface area contributed by atoms with Crippen molar-refractivity contribution < 1.29 is 35.3 Å². The molecule has 0 bridgehead atoms. The van der Waals surface area contributed by atoms with E-state index in [9.17, 15) is 0 Å². The first kappa shape index (κ1) is 30.9. The summed E-state index contributed by atoms with van der Waals surface area (Å²) in [5, 5.41) is 0. The molecule has 2 radical (unpaired) electrons. The second-order valence-corrected chi connectivity index (χ2v) is 0. The molecule has 0 heterocycles. The van der Waals surface area contributed by atoms with Gasteiger partial charge < -0.3 is 0 Å². The molecule has 0 saturated carbocycles. The van der Waals surface area contributed by atoms with Gasteiger partial charge in [0.05, 0.1) is 0 Å². The van der Waals surface area contributed by atoms with Crippen LogP contribution in [0.5, 0.6) is 0 Å². The van der Waals surface area contributed by atoms with Crippen LogP contribution in [0.2, 0.25) is 0 Å². The SMILES string of the molecule is [CaH2].[Co].[SiH4].[V]. The largest absolute Gasteiger partial charge is 0.0149 e. The van der Waals surface area contributed by atoms with E-state index >= 15 is 0 Å². The summed E-state index contributed by atoms with van der Waals surface area (Å²) in [4.78, 5) is 0. The minimum atomic E-state index is 0. The van der Waals surface area contributed by atoms with E-state index < -0.39 is 0 Å². The molecule has 0 aliphatic carbocycles. The molecule has 0 aliphatic heterocycles. The van der Waals surface area contributed by atoms with Gasteiger partial charge in [0.25, 0.3) is 0 Å². The van der Waals surface area contributed by atoms with Crippen molar-refractivity contribution >= 4 is 48.7 Å². The molecule has 0 nitrogen and oxygen atoms in total. The van der Waals surface area contributed by atoms with Gasteiger partial charge in [0.1, 0.15) is 0 Å². The van der Waals surface area contributed by atoms with Crippen LogP contribution in [0.15, 0.2) is 0 Å². The van der Waals surface area contributed by atoms with Crippen molar-refractivity contribution in [2.24, 2.45) is 0 Å². The van der Waals surface area contributed by atoms with Crippen LogP contribution in [0.3, 0.4) is 0 Å². The zero-order valence-electron chi connectivity index (χ0n) is 0.781. The smallest absolute Gasteiger partial charge is 0 e. The van der Waals surface area contributed by atoms with Gasteiger partial charge in [-0.05, 0) is 11.0 Å². The molecule has 0 amide bonds. The van der Waals surface area contributed by atoms with E-state index in [4.69, 9.17) is 0 Å². The van der Waals surface area contributed by atoms with Gasteiger partial charge in [-0.2, -0.15) is 0 Å². The molecule has 4 heteroatoms. The summed E-state index contributed by atoms with van der Waals surface area (Å²) in [5.41, 5.74) is 0. The Kier molecular flexibility index (Phi) is 136. The van der Waals surface area contributed by atoms with Crippen LogP contribution in [0, 0.1) is 0 Å². The zero-order valence-corrected chi connectivity index (χ0v) is 3.22. The molecule has 0 aliphatic rings. The summed E-state index contributed by atoms with van der Waals surface area (Å²) in [6.07, 6.45) is 0. The van der Waals surface area contributed by atoms with Crippen LogP contribution in [-0.4, -0.2) is 48.7 Å². The van der Waals surface area contributed by atoms with Crippen LogP contribution < -0.4 is 0 Å². The second-order valence-electron chi connectivity index (χ2n) is 0. The van der Waals surface area contributed by atoms with Gasteiger partial charge >= 0.3 is 37.7 Å². The molecule has 0 N–H and O–H groups in total. The van der Waals surface area contributed by atoms with E-state index in [-0.39, 0.29) is 84.0 Å².